The summed E-state index contributed by atoms with van der Waals surface area (Å²) in [5.41, 5.74) is 1.01. The third-order valence-corrected chi connectivity index (χ3v) is 3.41. The van der Waals surface area contributed by atoms with Crippen LogP contribution in [0.1, 0.15) is 12.8 Å². The first kappa shape index (κ1) is 11.2. The van der Waals surface area contributed by atoms with Crippen LogP contribution in [-0.2, 0) is 0 Å². The molecule has 2 nitrogen and oxygen atoms in total. The van der Waals surface area contributed by atoms with Crippen molar-refractivity contribution >= 4 is 33.2 Å². The number of anilines is 1. The van der Waals surface area contributed by atoms with Gasteiger partial charge in [-0.2, -0.15) is 0 Å². The molecule has 1 aromatic carbocycles. The van der Waals surface area contributed by atoms with E-state index in [1.807, 2.05) is 18.2 Å². The Morgan fingerprint density at radius 3 is 3.07 bits per heavy atom. The van der Waals surface area contributed by atoms with Gasteiger partial charge in [-0.15, -0.1) is 0 Å². The zero-order chi connectivity index (χ0) is 10.7. The van der Waals surface area contributed by atoms with E-state index in [1.54, 1.807) is 0 Å². The van der Waals surface area contributed by atoms with Crippen LogP contribution in [-0.4, -0.2) is 19.1 Å². The van der Waals surface area contributed by atoms with E-state index in [4.69, 9.17) is 11.6 Å². The van der Waals surface area contributed by atoms with Crippen LogP contribution in [0.4, 0.5) is 5.69 Å². The van der Waals surface area contributed by atoms with E-state index < -0.39 is 0 Å². The molecule has 2 rings (SSSR count). The Balaban J connectivity index is 2.05. The van der Waals surface area contributed by atoms with Crippen molar-refractivity contribution < 1.29 is 0 Å². The van der Waals surface area contributed by atoms with Gasteiger partial charge in [0.05, 0.1) is 10.7 Å². The van der Waals surface area contributed by atoms with Gasteiger partial charge < -0.3 is 10.6 Å². The lowest BCUT2D eigenvalue weighted by Crippen LogP contribution is -2.38. The summed E-state index contributed by atoms with van der Waals surface area (Å²) in [5, 5.41) is 7.62. The minimum Gasteiger partial charge on any atom is -0.380 e. The Morgan fingerprint density at radius 1 is 1.47 bits per heavy atom. The van der Waals surface area contributed by atoms with Gasteiger partial charge in [0, 0.05) is 17.1 Å². The number of nitrogens with one attached hydrogen (secondary N) is 2. The predicted octanol–water partition coefficient (Wildman–Crippen LogP) is 3.27. The van der Waals surface area contributed by atoms with Gasteiger partial charge in [0.25, 0.3) is 0 Å². The second-order valence-electron chi connectivity index (χ2n) is 3.81. The van der Waals surface area contributed by atoms with Gasteiger partial charge in [0.2, 0.25) is 0 Å². The lowest BCUT2D eigenvalue weighted by atomic mass is 10.1. The molecule has 0 spiro atoms. The number of hydrogen-bond donors (Lipinski definition) is 2. The zero-order valence-electron chi connectivity index (χ0n) is 8.39. The Bertz CT molecular complexity index is 337. The second kappa shape index (κ2) is 5.19. The summed E-state index contributed by atoms with van der Waals surface area (Å²) in [6.07, 6.45) is 2.43. The Kier molecular flexibility index (Phi) is 3.89. The van der Waals surface area contributed by atoms with Gasteiger partial charge in [-0.1, -0.05) is 27.5 Å². The molecular formula is C11H14BrClN2. The lowest BCUT2D eigenvalue weighted by molar-refractivity contribution is 0.480. The maximum atomic E-state index is 6.11. The molecule has 0 bridgehead atoms. The quantitative estimate of drug-likeness (QED) is 0.873. The number of halogens is 2. The summed E-state index contributed by atoms with van der Waals surface area (Å²) in [6.45, 7) is 2.15. The normalized spacial score (nSPS) is 21.3. The highest BCUT2D eigenvalue weighted by Gasteiger charge is 2.13. The first-order valence-electron chi connectivity index (χ1n) is 5.18. The summed E-state index contributed by atoms with van der Waals surface area (Å²) in [5.74, 6) is 0. The summed E-state index contributed by atoms with van der Waals surface area (Å²) < 4.78 is 1.05. The molecule has 82 valence electrons. The fourth-order valence-electron chi connectivity index (χ4n) is 1.80. The van der Waals surface area contributed by atoms with Gasteiger partial charge in [-0.25, -0.2) is 0 Å². The van der Waals surface area contributed by atoms with Crippen LogP contribution in [0.15, 0.2) is 22.7 Å². The van der Waals surface area contributed by atoms with Crippen molar-refractivity contribution in [3.63, 3.8) is 0 Å². The number of piperidine rings is 1. The van der Waals surface area contributed by atoms with Crippen LogP contribution in [0, 0.1) is 0 Å². The van der Waals surface area contributed by atoms with Crippen LogP contribution in [0.5, 0.6) is 0 Å². The van der Waals surface area contributed by atoms with Crippen LogP contribution >= 0.6 is 27.5 Å². The first-order valence-corrected chi connectivity index (χ1v) is 6.35. The summed E-state index contributed by atoms with van der Waals surface area (Å²) in [6, 6.07) is 6.37. The monoisotopic (exact) mass is 288 g/mol. The SMILES string of the molecule is Clc1ccc(Br)cc1NC1CCCNC1. The first-order chi connectivity index (χ1) is 7.25. The van der Waals surface area contributed by atoms with Crippen LogP contribution < -0.4 is 10.6 Å². The summed E-state index contributed by atoms with van der Waals surface area (Å²) in [7, 11) is 0. The molecular weight excluding hydrogens is 275 g/mol. The minimum atomic E-state index is 0.491. The zero-order valence-corrected chi connectivity index (χ0v) is 10.7. The smallest absolute Gasteiger partial charge is 0.0638 e. The highest BCUT2D eigenvalue weighted by Crippen LogP contribution is 2.26. The molecule has 0 radical (unpaired) electrons. The molecule has 2 N–H and O–H groups in total. The van der Waals surface area contributed by atoms with Gasteiger partial charge in [0.15, 0.2) is 0 Å². The van der Waals surface area contributed by atoms with Crippen LogP contribution in [0.3, 0.4) is 0 Å². The van der Waals surface area contributed by atoms with Gasteiger partial charge in [0.1, 0.15) is 0 Å². The molecule has 15 heavy (non-hydrogen) atoms. The van der Waals surface area contributed by atoms with E-state index in [2.05, 4.69) is 26.6 Å². The topological polar surface area (TPSA) is 24.1 Å². The van der Waals surface area contributed by atoms with Crippen molar-refractivity contribution in [2.45, 2.75) is 18.9 Å². The van der Waals surface area contributed by atoms with Crippen molar-refractivity contribution in [1.82, 2.24) is 5.32 Å². The van der Waals surface area contributed by atoms with Crippen molar-refractivity contribution in [1.29, 1.82) is 0 Å². The minimum absolute atomic E-state index is 0.491. The Morgan fingerprint density at radius 2 is 2.33 bits per heavy atom. The molecule has 1 atom stereocenters. The number of benzene rings is 1. The van der Waals surface area contributed by atoms with E-state index >= 15 is 0 Å². The molecule has 1 saturated heterocycles. The molecule has 1 aliphatic heterocycles. The molecule has 1 aliphatic rings. The van der Waals surface area contributed by atoms with Crippen LogP contribution in [0.25, 0.3) is 0 Å². The molecule has 0 aromatic heterocycles. The average Bonchev–Trinajstić information content (AvgIpc) is 2.25. The van der Waals surface area contributed by atoms with Gasteiger partial charge in [-0.3, -0.25) is 0 Å². The van der Waals surface area contributed by atoms with Gasteiger partial charge >= 0.3 is 0 Å². The van der Waals surface area contributed by atoms with Crippen molar-refractivity contribution in [2.24, 2.45) is 0 Å². The second-order valence-corrected chi connectivity index (χ2v) is 5.13. The number of rotatable bonds is 2. The molecule has 1 aromatic rings. The Hall–Kier alpha value is -0.250. The lowest BCUT2D eigenvalue weighted by Gasteiger charge is -2.25. The van der Waals surface area contributed by atoms with Crippen molar-refractivity contribution in [3.8, 4) is 0 Å². The average molecular weight is 290 g/mol. The fourth-order valence-corrected chi connectivity index (χ4v) is 2.34. The highest BCUT2D eigenvalue weighted by molar-refractivity contribution is 9.10. The van der Waals surface area contributed by atoms with E-state index in [1.165, 1.54) is 12.8 Å². The third kappa shape index (κ3) is 3.10. The molecule has 1 fully saturated rings. The number of hydrogen-bond acceptors (Lipinski definition) is 2. The fraction of sp³-hybridized carbons (Fsp3) is 0.455. The van der Waals surface area contributed by atoms with E-state index in [0.717, 1.165) is 28.3 Å². The Labute approximate surface area is 104 Å². The largest absolute Gasteiger partial charge is 0.380 e. The highest BCUT2D eigenvalue weighted by atomic mass is 79.9. The van der Waals surface area contributed by atoms with Crippen LogP contribution in [0.2, 0.25) is 5.02 Å². The third-order valence-electron chi connectivity index (χ3n) is 2.58. The maximum absolute atomic E-state index is 6.11. The predicted molar refractivity (Wildman–Crippen MR) is 68.7 cm³/mol. The van der Waals surface area contributed by atoms with Crippen molar-refractivity contribution in [3.05, 3.63) is 27.7 Å². The van der Waals surface area contributed by atoms with E-state index in [0.29, 0.717) is 6.04 Å². The standard InChI is InChI=1S/C11H14BrClN2/c12-8-3-4-10(13)11(6-8)15-9-2-1-5-14-7-9/h3-4,6,9,14-15H,1-2,5,7H2. The van der Waals surface area contributed by atoms with E-state index in [-0.39, 0.29) is 0 Å². The molecule has 0 amide bonds. The molecule has 0 saturated carbocycles. The summed E-state index contributed by atoms with van der Waals surface area (Å²) >= 11 is 9.56. The van der Waals surface area contributed by atoms with Crippen molar-refractivity contribution in [2.75, 3.05) is 18.4 Å². The molecule has 1 heterocycles. The molecule has 1 unspecified atom stereocenters. The van der Waals surface area contributed by atoms with E-state index in [9.17, 15) is 0 Å². The van der Waals surface area contributed by atoms with Gasteiger partial charge in [-0.05, 0) is 37.6 Å². The summed E-state index contributed by atoms with van der Waals surface area (Å²) in [4.78, 5) is 0. The molecule has 4 heteroatoms. The maximum Gasteiger partial charge on any atom is 0.0638 e. The molecule has 0 aliphatic carbocycles.